The van der Waals surface area contributed by atoms with Crippen molar-refractivity contribution < 1.29 is 0 Å². The van der Waals surface area contributed by atoms with Gasteiger partial charge in [0.2, 0.25) is 0 Å². The minimum absolute atomic E-state index is 0. The second kappa shape index (κ2) is 10.1. The van der Waals surface area contributed by atoms with Crippen LogP contribution in [-0.4, -0.2) is 57.8 Å². The van der Waals surface area contributed by atoms with E-state index in [1.807, 2.05) is 12.1 Å². The number of nitrogens with one attached hydrogen (secondary N) is 2. The lowest BCUT2D eigenvalue weighted by Crippen LogP contribution is -2.19. The van der Waals surface area contributed by atoms with E-state index >= 15 is 0 Å². The molecule has 3 aromatic heterocycles. The van der Waals surface area contributed by atoms with Crippen molar-refractivity contribution >= 4 is 79.6 Å². The lowest BCUT2D eigenvalue weighted by Gasteiger charge is -2.01. The Morgan fingerprint density at radius 1 is 0.639 bits per heavy atom. The highest BCUT2D eigenvalue weighted by molar-refractivity contribution is 7.22. The Hall–Kier alpha value is -3.18. The summed E-state index contributed by atoms with van der Waals surface area (Å²) in [6.45, 7) is 3.44. The summed E-state index contributed by atoms with van der Waals surface area (Å²) in [6, 6.07) is 12.5. The summed E-state index contributed by atoms with van der Waals surface area (Å²) in [5, 5.41) is 8.35. The number of hydrogen-bond acceptors (Lipinski definition) is 10. The molecule has 8 nitrogen and oxygen atoms in total. The molecule has 0 unspecified atom stereocenters. The van der Waals surface area contributed by atoms with Gasteiger partial charge in [0.15, 0.2) is 0 Å². The maximum absolute atomic E-state index is 4.76. The van der Waals surface area contributed by atoms with Gasteiger partial charge in [-0.25, -0.2) is 19.9 Å². The van der Waals surface area contributed by atoms with Crippen molar-refractivity contribution in [1.29, 1.82) is 0 Å². The molecular formula is C24H20Cl2N8S2. The monoisotopic (exact) mass is 554 g/mol. The summed E-state index contributed by atoms with van der Waals surface area (Å²) in [5.41, 5.74) is 5.62. The number of hydrogen-bond donors (Lipinski definition) is 2. The highest BCUT2D eigenvalue weighted by Gasteiger charge is 2.15. The van der Waals surface area contributed by atoms with E-state index in [0.29, 0.717) is 0 Å². The molecule has 0 atom stereocenters. The number of benzene rings is 2. The Kier molecular flexibility index (Phi) is 6.85. The molecule has 0 fully saturated rings. The third-order valence-corrected chi connectivity index (χ3v) is 7.84. The van der Waals surface area contributed by atoms with Crippen molar-refractivity contribution in [3.8, 4) is 21.4 Å². The maximum Gasteiger partial charge on any atom is 0.144 e. The van der Waals surface area contributed by atoms with E-state index in [1.165, 1.54) is 0 Å². The molecule has 0 radical (unpaired) electrons. The van der Waals surface area contributed by atoms with Gasteiger partial charge in [-0.05, 0) is 36.4 Å². The van der Waals surface area contributed by atoms with Crippen molar-refractivity contribution in [3.05, 3.63) is 59.9 Å². The highest BCUT2D eigenvalue weighted by Crippen LogP contribution is 2.32. The van der Waals surface area contributed by atoms with E-state index in [4.69, 9.17) is 9.97 Å². The van der Waals surface area contributed by atoms with Crippen LogP contribution >= 0.6 is 47.5 Å². The fourth-order valence-corrected chi connectivity index (χ4v) is 6.03. The number of nitrogens with zero attached hydrogens (tertiary/aromatic N) is 6. The molecule has 36 heavy (non-hydrogen) atoms. The van der Waals surface area contributed by atoms with Gasteiger partial charge in [0.1, 0.15) is 33.1 Å². The Labute approximate surface area is 226 Å². The van der Waals surface area contributed by atoms with E-state index in [9.17, 15) is 0 Å². The molecule has 12 heteroatoms. The predicted molar refractivity (Wildman–Crippen MR) is 153 cm³/mol. The second-order valence-corrected chi connectivity index (χ2v) is 10.1. The quantitative estimate of drug-likeness (QED) is 0.337. The van der Waals surface area contributed by atoms with E-state index in [-0.39, 0.29) is 24.8 Å². The van der Waals surface area contributed by atoms with Crippen molar-refractivity contribution in [2.45, 2.75) is 0 Å². The van der Waals surface area contributed by atoms with Crippen LogP contribution in [0.15, 0.2) is 58.8 Å². The van der Waals surface area contributed by atoms with Crippen LogP contribution in [0, 0.1) is 0 Å². The van der Waals surface area contributed by atoms with Gasteiger partial charge in [-0.15, -0.1) is 47.5 Å². The van der Waals surface area contributed by atoms with Gasteiger partial charge in [-0.1, -0.05) is 0 Å². The fraction of sp³-hybridized carbons (Fsp3) is 0.167. The third-order valence-electron chi connectivity index (χ3n) is 5.76. The maximum atomic E-state index is 4.76. The molecule has 0 amide bonds. The average Bonchev–Trinajstić information content (AvgIpc) is 3.69. The first-order valence-electron chi connectivity index (χ1n) is 11.0. The molecule has 5 heterocycles. The number of thiazole rings is 2. The molecule has 0 saturated carbocycles. The van der Waals surface area contributed by atoms with Gasteiger partial charge in [-0.2, -0.15) is 0 Å². The van der Waals surface area contributed by atoms with Gasteiger partial charge in [0, 0.05) is 24.2 Å². The van der Waals surface area contributed by atoms with Crippen LogP contribution in [0.2, 0.25) is 0 Å². The topological polar surface area (TPSA) is 100 Å². The summed E-state index contributed by atoms with van der Waals surface area (Å²) in [4.78, 5) is 27.9. The second-order valence-electron chi connectivity index (χ2n) is 8.00. The lowest BCUT2D eigenvalue weighted by atomic mass is 10.2. The Balaban J connectivity index is 0.00000133. The van der Waals surface area contributed by atoms with Gasteiger partial charge in [-0.3, -0.25) is 9.98 Å². The third kappa shape index (κ3) is 4.41. The lowest BCUT2D eigenvalue weighted by molar-refractivity contribution is 0.960. The molecule has 7 rings (SSSR count). The molecule has 2 aliphatic rings. The molecular weight excluding hydrogens is 535 g/mol. The summed E-state index contributed by atoms with van der Waals surface area (Å²) < 4.78 is 2.22. The largest absolute Gasteiger partial charge is 0.368 e. The van der Waals surface area contributed by atoms with Gasteiger partial charge < -0.3 is 10.6 Å². The minimum atomic E-state index is 0. The summed E-state index contributed by atoms with van der Waals surface area (Å²) in [5.74, 6) is 1.91. The number of aromatic nitrogens is 4. The molecule has 0 aliphatic carbocycles. The van der Waals surface area contributed by atoms with Crippen LogP contribution in [0.5, 0.6) is 0 Å². The number of fused-ring (bicyclic) bond motifs is 2. The molecule has 0 bridgehead atoms. The Morgan fingerprint density at radius 3 is 1.50 bits per heavy atom. The van der Waals surface area contributed by atoms with E-state index < -0.39 is 0 Å². The first kappa shape index (κ1) is 24.5. The number of rotatable bonds is 4. The van der Waals surface area contributed by atoms with Gasteiger partial charge in [0.05, 0.1) is 45.9 Å². The SMILES string of the molecule is Cl.Cl.c1cc2nc(-c3cnc(-c4nc5ccc(C6=NCCN6)cc5s4)cn3)sc2cc1C1=NCCN1. The number of amidine groups is 2. The first-order chi connectivity index (χ1) is 16.8. The van der Waals surface area contributed by atoms with Crippen LogP contribution in [0.1, 0.15) is 11.1 Å². The highest BCUT2D eigenvalue weighted by atomic mass is 35.5. The smallest absolute Gasteiger partial charge is 0.144 e. The number of halogens is 2. The zero-order chi connectivity index (χ0) is 22.5. The first-order valence-corrected chi connectivity index (χ1v) is 12.6. The zero-order valence-electron chi connectivity index (χ0n) is 18.8. The molecule has 2 aromatic carbocycles. The Bertz CT molecular complexity index is 1500. The van der Waals surface area contributed by atoms with Crippen LogP contribution in [0.25, 0.3) is 41.8 Å². The zero-order valence-corrected chi connectivity index (χ0v) is 22.0. The van der Waals surface area contributed by atoms with E-state index in [0.717, 1.165) is 90.8 Å². The van der Waals surface area contributed by atoms with Crippen molar-refractivity contribution in [2.75, 3.05) is 26.2 Å². The summed E-state index contributed by atoms with van der Waals surface area (Å²) >= 11 is 3.23. The minimum Gasteiger partial charge on any atom is -0.368 e. The molecule has 182 valence electrons. The molecule has 0 saturated heterocycles. The van der Waals surface area contributed by atoms with Crippen molar-refractivity contribution in [3.63, 3.8) is 0 Å². The molecule has 0 spiro atoms. The van der Waals surface area contributed by atoms with Gasteiger partial charge in [0.25, 0.3) is 0 Å². The Morgan fingerprint density at radius 2 is 1.11 bits per heavy atom. The molecule has 2 aliphatic heterocycles. The van der Waals surface area contributed by atoms with Crippen LogP contribution in [0.4, 0.5) is 0 Å². The van der Waals surface area contributed by atoms with Crippen LogP contribution < -0.4 is 10.6 Å². The fourth-order valence-electron chi connectivity index (χ4n) is 4.09. The van der Waals surface area contributed by atoms with Crippen LogP contribution in [-0.2, 0) is 0 Å². The van der Waals surface area contributed by atoms with Gasteiger partial charge >= 0.3 is 0 Å². The number of aliphatic imine (C=N–C) groups is 2. The van der Waals surface area contributed by atoms with Crippen molar-refractivity contribution in [1.82, 2.24) is 30.6 Å². The predicted octanol–water partition coefficient (Wildman–Crippen LogP) is 4.57. The summed E-state index contributed by atoms with van der Waals surface area (Å²) in [7, 11) is 0. The summed E-state index contributed by atoms with van der Waals surface area (Å²) in [6.07, 6.45) is 3.57. The molecule has 5 aromatic rings. The van der Waals surface area contributed by atoms with E-state index in [2.05, 4.69) is 54.9 Å². The molecule has 2 N–H and O–H groups in total. The average molecular weight is 556 g/mol. The van der Waals surface area contributed by atoms with E-state index in [1.54, 1.807) is 35.1 Å². The van der Waals surface area contributed by atoms with Crippen molar-refractivity contribution in [2.24, 2.45) is 9.98 Å². The normalized spacial score (nSPS) is 14.6. The van der Waals surface area contributed by atoms with Crippen LogP contribution in [0.3, 0.4) is 0 Å². The standard InChI is InChI=1S/C24H18N8S2.2ClH/c1-3-15-19(9-13(1)21-25-5-6-26-21)33-23(31-15)17-11-30-18(12-29-17)24-32-16-4-2-14(10-20(16)34-24)22-27-7-8-28-22;;/h1-4,9-12H,5-8H2,(H,25,26)(H,27,28);2*1H.